The average molecular weight is 458 g/mol. The lowest BCUT2D eigenvalue weighted by atomic mass is 10.1. The lowest BCUT2D eigenvalue weighted by Gasteiger charge is -2.25. The highest BCUT2D eigenvalue weighted by Crippen LogP contribution is 2.39. The minimum absolute atomic E-state index is 0.198. The van der Waals surface area contributed by atoms with Crippen LogP contribution in [0.4, 0.5) is 43.7 Å². The van der Waals surface area contributed by atoms with E-state index in [4.69, 9.17) is 0 Å². The first kappa shape index (κ1) is 23.5. The SMILES string of the molecule is CCn1c(N(COS)c2ccc(C(F)(F)F)cc2[N+](=O)[O-])nc(C(F)(F)F)cc1=O. The first-order chi connectivity index (χ1) is 13.8. The lowest BCUT2D eigenvalue weighted by molar-refractivity contribution is -0.384. The molecule has 30 heavy (non-hydrogen) atoms. The third-order valence-corrected chi connectivity index (χ3v) is 3.93. The molecular weight excluding hydrogens is 446 g/mol. The summed E-state index contributed by atoms with van der Waals surface area (Å²) in [6, 6.07) is 1.60. The van der Waals surface area contributed by atoms with E-state index >= 15 is 0 Å². The van der Waals surface area contributed by atoms with Crippen LogP contribution >= 0.6 is 12.9 Å². The van der Waals surface area contributed by atoms with Gasteiger partial charge in [-0.2, -0.15) is 26.3 Å². The molecule has 0 aliphatic heterocycles. The number of hydrogen-bond acceptors (Lipinski definition) is 7. The van der Waals surface area contributed by atoms with E-state index in [0.717, 1.165) is 4.57 Å². The van der Waals surface area contributed by atoms with Crippen LogP contribution in [0.15, 0.2) is 29.1 Å². The molecule has 0 bridgehead atoms. The van der Waals surface area contributed by atoms with Crippen LogP contribution in [-0.4, -0.2) is 21.2 Å². The molecule has 0 amide bonds. The number of thiol groups is 1. The van der Waals surface area contributed by atoms with Crippen LogP contribution in [0.25, 0.3) is 0 Å². The zero-order valence-electron chi connectivity index (χ0n) is 14.9. The van der Waals surface area contributed by atoms with Crippen LogP contribution in [0.5, 0.6) is 0 Å². The number of alkyl halides is 6. The van der Waals surface area contributed by atoms with E-state index in [1.54, 1.807) is 0 Å². The van der Waals surface area contributed by atoms with Gasteiger partial charge in [-0.3, -0.25) is 28.6 Å². The highest BCUT2D eigenvalue weighted by molar-refractivity contribution is 7.75. The molecule has 2 aromatic rings. The molecule has 0 aliphatic rings. The molecule has 1 heterocycles. The molecule has 0 atom stereocenters. The Morgan fingerprint density at radius 2 is 1.83 bits per heavy atom. The molecule has 15 heteroatoms. The summed E-state index contributed by atoms with van der Waals surface area (Å²) in [6.07, 6.45) is -9.94. The maximum Gasteiger partial charge on any atom is 0.433 e. The van der Waals surface area contributed by atoms with Gasteiger partial charge in [0, 0.05) is 18.7 Å². The number of benzene rings is 1. The Kier molecular flexibility index (Phi) is 6.66. The highest BCUT2D eigenvalue weighted by Gasteiger charge is 2.37. The Morgan fingerprint density at radius 3 is 2.30 bits per heavy atom. The van der Waals surface area contributed by atoms with Gasteiger partial charge in [0.25, 0.3) is 11.2 Å². The predicted octanol–water partition coefficient (Wildman–Crippen LogP) is 4.17. The van der Waals surface area contributed by atoms with Gasteiger partial charge in [-0.05, 0) is 32.0 Å². The summed E-state index contributed by atoms with van der Waals surface area (Å²) >= 11 is 3.46. The molecule has 1 aromatic carbocycles. The molecule has 8 nitrogen and oxygen atoms in total. The average Bonchev–Trinajstić information content (AvgIpc) is 2.63. The normalized spacial score (nSPS) is 12.1. The van der Waals surface area contributed by atoms with Crippen LogP contribution in [0.1, 0.15) is 18.2 Å². The van der Waals surface area contributed by atoms with Gasteiger partial charge in [0.1, 0.15) is 12.4 Å². The Hall–Kier alpha value is -2.81. The first-order valence-electron chi connectivity index (χ1n) is 7.89. The molecule has 0 saturated heterocycles. The summed E-state index contributed by atoms with van der Waals surface area (Å²) in [5.41, 5.74) is -5.76. The molecule has 0 spiro atoms. The molecule has 0 radical (unpaired) electrons. The standard InChI is InChI=1S/C15H12F6N4O4S/c1-2-23-12(26)6-11(15(19,20)21)22-13(23)24(7-29-30)9-4-3-8(14(16,17)18)5-10(9)25(27)28/h3-6,30H,2,7H2,1H3. The molecule has 0 fully saturated rings. The topological polar surface area (TPSA) is 90.5 Å². The van der Waals surface area contributed by atoms with E-state index < -0.39 is 58.1 Å². The van der Waals surface area contributed by atoms with Gasteiger partial charge in [-0.15, -0.1) is 0 Å². The van der Waals surface area contributed by atoms with Gasteiger partial charge in [0.05, 0.1) is 10.5 Å². The second-order valence-electron chi connectivity index (χ2n) is 5.67. The van der Waals surface area contributed by atoms with Gasteiger partial charge in [0.15, 0.2) is 5.69 Å². The molecule has 0 aliphatic carbocycles. The van der Waals surface area contributed by atoms with Crippen molar-refractivity contribution in [3.63, 3.8) is 0 Å². The van der Waals surface area contributed by atoms with Crippen LogP contribution in [0.2, 0.25) is 0 Å². The number of nitro benzene ring substituents is 1. The van der Waals surface area contributed by atoms with E-state index in [1.165, 1.54) is 6.92 Å². The van der Waals surface area contributed by atoms with Gasteiger partial charge >= 0.3 is 12.4 Å². The third-order valence-electron chi connectivity index (χ3n) is 3.81. The first-order valence-corrected chi connectivity index (χ1v) is 8.26. The van der Waals surface area contributed by atoms with E-state index in [1.807, 2.05) is 0 Å². The smallest absolute Gasteiger partial charge is 0.297 e. The summed E-state index contributed by atoms with van der Waals surface area (Å²) in [4.78, 5) is 26.3. The minimum atomic E-state index is -5.03. The Morgan fingerprint density at radius 1 is 1.20 bits per heavy atom. The fourth-order valence-electron chi connectivity index (χ4n) is 2.51. The van der Waals surface area contributed by atoms with Gasteiger partial charge < -0.3 is 0 Å². The molecule has 1 aromatic heterocycles. The van der Waals surface area contributed by atoms with Crippen LogP contribution in [0.3, 0.4) is 0 Å². The van der Waals surface area contributed by atoms with Crippen molar-refractivity contribution in [1.29, 1.82) is 0 Å². The van der Waals surface area contributed by atoms with Crippen molar-refractivity contribution in [1.82, 2.24) is 9.55 Å². The Balaban J connectivity index is 2.82. The maximum absolute atomic E-state index is 13.1. The quantitative estimate of drug-likeness (QED) is 0.175. The predicted molar refractivity (Wildman–Crippen MR) is 94.3 cm³/mol. The highest BCUT2D eigenvalue weighted by atomic mass is 32.1. The van der Waals surface area contributed by atoms with Crippen molar-refractivity contribution in [3.8, 4) is 0 Å². The second kappa shape index (κ2) is 8.51. The number of hydrogen-bond donors (Lipinski definition) is 1. The van der Waals surface area contributed by atoms with E-state index in [-0.39, 0.29) is 18.7 Å². The van der Waals surface area contributed by atoms with Gasteiger partial charge in [-0.25, -0.2) is 4.98 Å². The maximum atomic E-state index is 13.1. The van der Waals surface area contributed by atoms with Crippen molar-refractivity contribution in [2.75, 3.05) is 11.6 Å². The number of rotatable bonds is 6. The third kappa shape index (κ3) is 4.84. The number of anilines is 2. The molecule has 2 rings (SSSR count). The fourth-order valence-corrected chi connectivity index (χ4v) is 2.62. The fraction of sp³-hybridized carbons (Fsp3) is 0.333. The van der Waals surface area contributed by atoms with Crippen molar-refractivity contribution >= 4 is 30.2 Å². The summed E-state index contributed by atoms with van der Waals surface area (Å²) in [5, 5.41) is 11.4. The molecule has 0 unspecified atom stereocenters. The largest absolute Gasteiger partial charge is 0.433 e. The number of halogens is 6. The Labute approximate surface area is 169 Å². The number of aromatic nitrogens is 2. The van der Waals surface area contributed by atoms with E-state index in [9.17, 15) is 41.3 Å². The summed E-state index contributed by atoms with van der Waals surface area (Å²) in [7, 11) is 0. The van der Waals surface area contributed by atoms with Gasteiger partial charge in [-0.1, -0.05) is 0 Å². The zero-order valence-corrected chi connectivity index (χ0v) is 15.8. The Bertz CT molecular complexity index is 1010. The van der Waals surface area contributed by atoms with E-state index in [0.29, 0.717) is 17.0 Å². The molecule has 164 valence electrons. The molecule has 0 saturated carbocycles. The zero-order chi connectivity index (χ0) is 22.9. The number of nitrogens with zero attached hydrogens (tertiary/aromatic N) is 4. The monoisotopic (exact) mass is 458 g/mol. The van der Waals surface area contributed by atoms with Crippen LogP contribution in [-0.2, 0) is 23.1 Å². The van der Waals surface area contributed by atoms with Crippen LogP contribution < -0.4 is 10.5 Å². The summed E-state index contributed by atoms with van der Waals surface area (Å²) in [5.74, 6) is -0.728. The minimum Gasteiger partial charge on any atom is -0.297 e. The molecular formula is C15H12F6N4O4S. The lowest BCUT2D eigenvalue weighted by Crippen LogP contribution is -2.32. The van der Waals surface area contributed by atoms with E-state index in [2.05, 4.69) is 22.1 Å². The van der Waals surface area contributed by atoms with Crippen molar-refractivity contribution in [3.05, 3.63) is 56.0 Å². The molecule has 0 N–H and O–H groups in total. The summed E-state index contributed by atoms with van der Waals surface area (Å²) < 4.78 is 83.4. The van der Waals surface area contributed by atoms with Gasteiger partial charge in [0.2, 0.25) is 5.95 Å². The summed E-state index contributed by atoms with van der Waals surface area (Å²) in [6.45, 7) is 0.417. The van der Waals surface area contributed by atoms with Crippen molar-refractivity contribution in [2.45, 2.75) is 25.8 Å². The van der Waals surface area contributed by atoms with Crippen LogP contribution in [0, 0.1) is 10.1 Å². The van der Waals surface area contributed by atoms with Crippen molar-refractivity contribution < 1.29 is 35.4 Å². The van der Waals surface area contributed by atoms with Crippen molar-refractivity contribution in [2.24, 2.45) is 0 Å². The number of nitro groups is 1. The second-order valence-corrected chi connectivity index (χ2v) is 5.92.